The first-order valence-corrected chi connectivity index (χ1v) is 8.17. The van der Waals surface area contributed by atoms with Crippen LogP contribution in [0.4, 0.5) is 0 Å². The van der Waals surface area contributed by atoms with E-state index in [1.807, 2.05) is 12.2 Å². The molecule has 0 spiro atoms. The maximum atomic E-state index is 12.3. The Bertz CT molecular complexity index is 503. The number of ketones is 1. The SMILES string of the molecule is C[C@@]12OC(=O)[C@]1([C@H](O)[C@@H]1C=CCCC1)CC(=O)[C@@H]2CCCl. The van der Waals surface area contributed by atoms with E-state index in [1.54, 1.807) is 6.92 Å². The number of rotatable bonds is 4. The number of Topliss-reactive ketones (excluding diaryl/α,β-unsaturated/α-hetero) is 1. The highest BCUT2D eigenvalue weighted by molar-refractivity contribution is 6.18. The molecule has 0 aromatic rings. The lowest BCUT2D eigenvalue weighted by Gasteiger charge is -2.55. The van der Waals surface area contributed by atoms with Crippen molar-refractivity contribution in [2.75, 3.05) is 5.88 Å². The molecule has 1 aliphatic heterocycles. The number of halogens is 1. The maximum Gasteiger partial charge on any atom is 0.319 e. The normalized spacial score (nSPS) is 43.2. The van der Waals surface area contributed by atoms with Gasteiger partial charge < -0.3 is 9.84 Å². The molecule has 0 aromatic heterocycles. The fraction of sp³-hybridized carbons (Fsp3) is 0.750. The topological polar surface area (TPSA) is 63.6 Å². The van der Waals surface area contributed by atoms with E-state index in [1.165, 1.54) is 0 Å². The third-order valence-electron chi connectivity index (χ3n) is 5.66. The van der Waals surface area contributed by atoms with Gasteiger partial charge in [-0.15, -0.1) is 11.6 Å². The van der Waals surface area contributed by atoms with Gasteiger partial charge in [0.1, 0.15) is 16.8 Å². The molecule has 1 saturated heterocycles. The fourth-order valence-electron chi connectivity index (χ4n) is 4.40. The van der Waals surface area contributed by atoms with Gasteiger partial charge in [0.15, 0.2) is 0 Å². The van der Waals surface area contributed by atoms with Gasteiger partial charge in [-0.3, -0.25) is 9.59 Å². The summed E-state index contributed by atoms with van der Waals surface area (Å²) in [6.07, 6.45) is 6.58. The second-order valence-corrected chi connectivity index (χ2v) is 6.99. The lowest BCUT2D eigenvalue weighted by atomic mass is 9.60. The van der Waals surface area contributed by atoms with Crippen molar-refractivity contribution >= 4 is 23.4 Å². The molecular formula is C16H21ClO4. The number of hydrogen-bond donors (Lipinski definition) is 1. The molecule has 1 saturated carbocycles. The van der Waals surface area contributed by atoms with Gasteiger partial charge in [-0.25, -0.2) is 0 Å². The minimum Gasteiger partial charge on any atom is -0.457 e. The van der Waals surface area contributed by atoms with Crippen LogP contribution in [0, 0.1) is 17.3 Å². The zero-order chi connectivity index (χ0) is 15.3. The highest BCUT2D eigenvalue weighted by atomic mass is 35.5. The molecule has 0 radical (unpaired) electrons. The Morgan fingerprint density at radius 2 is 2.29 bits per heavy atom. The van der Waals surface area contributed by atoms with Crippen LogP contribution >= 0.6 is 11.6 Å². The first-order chi connectivity index (χ1) is 9.97. The van der Waals surface area contributed by atoms with Crippen molar-refractivity contribution in [1.29, 1.82) is 0 Å². The van der Waals surface area contributed by atoms with Crippen molar-refractivity contribution in [2.45, 2.75) is 50.7 Å². The molecule has 21 heavy (non-hydrogen) atoms. The third-order valence-corrected chi connectivity index (χ3v) is 5.88. The number of hydrogen-bond acceptors (Lipinski definition) is 4. The van der Waals surface area contributed by atoms with E-state index in [0.717, 1.165) is 19.3 Å². The Morgan fingerprint density at radius 3 is 2.86 bits per heavy atom. The van der Waals surface area contributed by atoms with Gasteiger partial charge in [0.25, 0.3) is 0 Å². The van der Waals surface area contributed by atoms with E-state index in [9.17, 15) is 14.7 Å². The highest BCUT2D eigenvalue weighted by Crippen LogP contribution is 2.62. The molecule has 1 heterocycles. The number of allylic oxidation sites excluding steroid dienone is 1. The summed E-state index contributed by atoms with van der Waals surface area (Å²) in [5, 5.41) is 10.9. The van der Waals surface area contributed by atoms with E-state index in [-0.39, 0.29) is 18.1 Å². The number of ether oxygens (including phenoxy) is 1. The summed E-state index contributed by atoms with van der Waals surface area (Å²) in [6, 6.07) is 0. The lowest BCUT2D eigenvalue weighted by Crippen LogP contribution is -2.70. The summed E-state index contributed by atoms with van der Waals surface area (Å²) >= 11 is 5.79. The number of aliphatic hydroxyl groups is 1. The predicted octanol–water partition coefficient (Wildman–Crippen LogP) is 2.22. The second-order valence-electron chi connectivity index (χ2n) is 6.61. The molecule has 2 aliphatic carbocycles. The molecule has 0 bridgehead atoms. The molecule has 5 heteroatoms. The summed E-state index contributed by atoms with van der Waals surface area (Å²) in [6.45, 7) is 1.78. The van der Waals surface area contributed by atoms with Crippen LogP contribution in [0.15, 0.2) is 12.2 Å². The molecule has 5 atom stereocenters. The average molecular weight is 313 g/mol. The van der Waals surface area contributed by atoms with Crippen molar-refractivity contribution in [1.82, 2.24) is 0 Å². The van der Waals surface area contributed by atoms with E-state index in [2.05, 4.69) is 0 Å². The van der Waals surface area contributed by atoms with Crippen LogP contribution in [-0.2, 0) is 14.3 Å². The van der Waals surface area contributed by atoms with E-state index < -0.39 is 29.0 Å². The minimum atomic E-state index is -1.08. The first kappa shape index (κ1) is 15.0. The number of carbonyl (C=O) groups is 2. The Morgan fingerprint density at radius 1 is 1.52 bits per heavy atom. The van der Waals surface area contributed by atoms with Gasteiger partial charge in [0.05, 0.1) is 12.0 Å². The van der Waals surface area contributed by atoms with E-state index >= 15 is 0 Å². The van der Waals surface area contributed by atoms with Crippen LogP contribution in [0.25, 0.3) is 0 Å². The Hall–Kier alpha value is -0.870. The Kier molecular flexibility index (Phi) is 3.65. The van der Waals surface area contributed by atoms with Gasteiger partial charge in [-0.05, 0) is 32.6 Å². The number of fused-ring (bicyclic) bond motifs is 1. The van der Waals surface area contributed by atoms with Crippen molar-refractivity contribution < 1.29 is 19.4 Å². The van der Waals surface area contributed by atoms with Crippen molar-refractivity contribution in [3.05, 3.63) is 12.2 Å². The van der Waals surface area contributed by atoms with Crippen molar-refractivity contribution in [3.8, 4) is 0 Å². The van der Waals surface area contributed by atoms with E-state index in [4.69, 9.17) is 16.3 Å². The first-order valence-electron chi connectivity index (χ1n) is 7.64. The summed E-state index contributed by atoms with van der Waals surface area (Å²) in [4.78, 5) is 24.6. The molecular weight excluding hydrogens is 292 g/mol. The average Bonchev–Trinajstić information content (AvgIpc) is 2.65. The van der Waals surface area contributed by atoms with E-state index in [0.29, 0.717) is 12.3 Å². The Balaban J connectivity index is 1.94. The van der Waals surface area contributed by atoms with Crippen LogP contribution in [0.1, 0.15) is 39.0 Å². The number of esters is 1. The molecule has 0 amide bonds. The van der Waals surface area contributed by atoms with Gasteiger partial charge >= 0.3 is 5.97 Å². The third kappa shape index (κ3) is 1.85. The number of carbonyl (C=O) groups excluding carboxylic acids is 2. The number of aliphatic hydroxyl groups excluding tert-OH is 1. The summed E-state index contributed by atoms with van der Waals surface area (Å²) < 4.78 is 5.40. The molecule has 2 fully saturated rings. The van der Waals surface area contributed by atoms with Gasteiger partial charge in [-0.2, -0.15) is 0 Å². The van der Waals surface area contributed by atoms with Gasteiger partial charge in [0, 0.05) is 18.2 Å². The van der Waals surface area contributed by atoms with Crippen LogP contribution in [-0.4, -0.2) is 34.4 Å². The molecule has 116 valence electrons. The van der Waals surface area contributed by atoms with Crippen LogP contribution in [0.5, 0.6) is 0 Å². The largest absolute Gasteiger partial charge is 0.457 e. The van der Waals surface area contributed by atoms with Crippen LogP contribution < -0.4 is 0 Å². The van der Waals surface area contributed by atoms with Crippen LogP contribution in [0.2, 0.25) is 0 Å². The molecule has 0 unspecified atom stereocenters. The lowest BCUT2D eigenvalue weighted by molar-refractivity contribution is -0.262. The zero-order valence-electron chi connectivity index (χ0n) is 12.2. The van der Waals surface area contributed by atoms with Gasteiger partial charge in [0.2, 0.25) is 0 Å². The number of alkyl halides is 1. The second kappa shape index (κ2) is 5.10. The minimum absolute atomic E-state index is 0.0113. The molecule has 4 nitrogen and oxygen atoms in total. The summed E-state index contributed by atoms with van der Waals surface area (Å²) in [5.74, 6) is -0.563. The zero-order valence-corrected chi connectivity index (χ0v) is 12.9. The molecule has 0 aromatic carbocycles. The summed E-state index contributed by atoms with van der Waals surface area (Å²) in [7, 11) is 0. The summed E-state index contributed by atoms with van der Waals surface area (Å²) in [5.41, 5.74) is -1.98. The quantitative estimate of drug-likeness (QED) is 0.491. The van der Waals surface area contributed by atoms with Crippen molar-refractivity contribution in [2.24, 2.45) is 17.3 Å². The maximum absolute atomic E-state index is 12.3. The van der Waals surface area contributed by atoms with Crippen molar-refractivity contribution in [3.63, 3.8) is 0 Å². The Labute approximate surface area is 129 Å². The molecule has 3 rings (SSSR count). The van der Waals surface area contributed by atoms with Gasteiger partial charge in [-0.1, -0.05) is 12.2 Å². The fourth-order valence-corrected chi connectivity index (χ4v) is 4.62. The monoisotopic (exact) mass is 312 g/mol. The standard InChI is InChI=1S/C16H21ClO4/c1-15-11(7-8-17)12(18)9-16(15,14(20)21-15)13(19)10-5-3-2-4-6-10/h3,5,10-11,13,19H,2,4,6-9H2,1H3/t10-,11+,13-,15+,16-/m1/s1. The van der Waals surface area contributed by atoms with Crippen LogP contribution in [0.3, 0.4) is 0 Å². The predicted molar refractivity (Wildman–Crippen MR) is 77.9 cm³/mol. The smallest absolute Gasteiger partial charge is 0.319 e. The molecule has 1 N–H and O–H groups in total. The molecule has 3 aliphatic rings. The highest BCUT2D eigenvalue weighted by Gasteiger charge is 2.78.